The average Bonchev–Trinajstić information content (AvgIpc) is 2.52. The minimum absolute atomic E-state index is 0.574. The topological polar surface area (TPSA) is 49.6 Å². The molecule has 1 aliphatic heterocycles. The molecule has 6 heteroatoms. The Morgan fingerprint density at radius 1 is 0.905 bits per heavy atom. The molecule has 0 fully saturated rings. The highest BCUT2D eigenvalue weighted by Gasteiger charge is 2.21. The first kappa shape index (κ1) is 13.4. The Morgan fingerprint density at radius 3 is 2.14 bits per heavy atom. The molecule has 0 amide bonds. The zero-order chi connectivity index (χ0) is 14.4. The van der Waals surface area contributed by atoms with Gasteiger partial charge in [-0.3, -0.25) is 0 Å². The molecular formula is C15H6IN3S2. The Labute approximate surface area is 143 Å². The summed E-state index contributed by atoms with van der Waals surface area (Å²) in [5.74, 6) is 0. The lowest BCUT2D eigenvalue weighted by atomic mass is 10.2. The lowest BCUT2D eigenvalue weighted by Crippen LogP contribution is -1.99. The van der Waals surface area contributed by atoms with E-state index >= 15 is 0 Å². The van der Waals surface area contributed by atoms with Crippen LogP contribution in [0, 0.1) is 14.9 Å². The van der Waals surface area contributed by atoms with Crippen molar-refractivity contribution in [2.45, 2.75) is 19.8 Å². The van der Waals surface area contributed by atoms with Gasteiger partial charge in [0.15, 0.2) is 0 Å². The van der Waals surface area contributed by atoms with Gasteiger partial charge in [-0.05, 0) is 46.9 Å². The second kappa shape index (κ2) is 5.16. The summed E-state index contributed by atoms with van der Waals surface area (Å²) in [5, 5.41) is 11.1. The van der Waals surface area contributed by atoms with Crippen molar-refractivity contribution in [2.24, 2.45) is 0 Å². The van der Waals surface area contributed by atoms with Crippen LogP contribution in [0.3, 0.4) is 0 Å². The Kier molecular flexibility index (Phi) is 3.28. The second-order valence-electron chi connectivity index (χ2n) is 4.39. The van der Waals surface area contributed by atoms with Crippen LogP contribution in [0.15, 0.2) is 56.2 Å². The highest BCUT2D eigenvalue weighted by atomic mass is 127. The summed E-state index contributed by atoms with van der Waals surface area (Å²) < 4.78 is 1.02. The fraction of sp³-hybridized carbons (Fsp3) is 0. The molecule has 0 spiro atoms. The maximum absolute atomic E-state index is 9.26. The minimum atomic E-state index is 0.574. The van der Waals surface area contributed by atoms with Crippen molar-refractivity contribution in [3.05, 3.63) is 45.5 Å². The Hall–Kier alpha value is -1.30. The first-order valence-corrected chi connectivity index (χ1v) is 8.82. The lowest BCUT2D eigenvalue weighted by molar-refractivity contribution is 0.950. The van der Waals surface area contributed by atoms with Gasteiger partial charge in [-0.2, -0.15) is 5.26 Å². The SMILES string of the molecule is N#Cc1ccc(I)c2nc3c(nc12)Sc1ccccc1S3. The van der Waals surface area contributed by atoms with Gasteiger partial charge in [0, 0.05) is 13.4 Å². The Balaban J connectivity index is 1.98. The van der Waals surface area contributed by atoms with Crippen molar-refractivity contribution in [3.8, 4) is 6.07 Å². The van der Waals surface area contributed by atoms with Crippen LogP contribution in [0.2, 0.25) is 0 Å². The third kappa shape index (κ3) is 2.20. The molecule has 0 bridgehead atoms. The van der Waals surface area contributed by atoms with Gasteiger partial charge in [0.05, 0.1) is 5.56 Å². The van der Waals surface area contributed by atoms with E-state index in [1.54, 1.807) is 29.6 Å². The number of aromatic nitrogens is 2. The molecule has 1 aromatic heterocycles. The maximum Gasteiger partial charge on any atom is 0.134 e. The maximum atomic E-state index is 9.26. The number of nitrogens with zero attached hydrogens (tertiary/aromatic N) is 3. The van der Waals surface area contributed by atoms with Crippen molar-refractivity contribution in [3.63, 3.8) is 0 Å². The molecule has 100 valence electrons. The fourth-order valence-electron chi connectivity index (χ4n) is 2.12. The zero-order valence-electron chi connectivity index (χ0n) is 10.5. The number of rotatable bonds is 0. The van der Waals surface area contributed by atoms with Gasteiger partial charge in [-0.1, -0.05) is 35.7 Å². The van der Waals surface area contributed by atoms with Crippen LogP contribution in [-0.4, -0.2) is 9.97 Å². The predicted molar refractivity (Wildman–Crippen MR) is 91.7 cm³/mol. The van der Waals surface area contributed by atoms with Gasteiger partial charge in [0.2, 0.25) is 0 Å². The molecule has 3 nitrogen and oxygen atoms in total. The van der Waals surface area contributed by atoms with E-state index in [1.165, 1.54) is 9.79 Å². The summed E-state index contributed by atoms with van der Waals surface area (Å²) in [6.45, 7) is 0. The fourth-order valence-corrected chi connectivity index (χ4v) is 4.77. The van der Waals surface area contributed by atoms with Gasteiger partial charge < -0.3 is 0 Å². The smallest absolute Gasteiger partial charge is 0.134 e. The van der Waals surface area contributed by atoms with Crippen LogP contribution in [-0.2, 0) is 0 Å². The number of fused-ring (bicyclic) bond motifs is 3. The van der Waals surface area contributed by atoms with E-state index in [0.717, 1.165) is 19.1 Å². The Morgan fingerprint density at radius 2 is 1.52 bits per heavy atom. The number of halogens is 1. The summed E-state index contributed by atoms with van der Waals surface area (Å²) in [6.07, 6.45) is 0. The van der Waals surface area contributed by atoms with Crippen LogP contribution in [0.25, 0.3) is 11.0 Å². The van der Waals surface area contributed by atoms with E-state index in [4.69, 9.17) is 9.97 Å². The molecule has 1 aliphatic rings. The molecule has 2 aromatic carbocycles. The van der Waals surface area contributed by atoms with Crippen molar-refractivity contribution in [1.29, 1.82) is 5.26 Å². The van der Waals surface area contributed by atoms with E-state index in [1.807, 2.05) is 18.2 Å². The predicted octanol–water partition coefficient (Wildman–Crippen LogP) is 4.72. The zero-order valence-corrected chi connectivity index (χ0v) is 14.3. The van der Waals surface area contributed by atoms with Gasteiger partial charge in [0.25, 0.3) is 0 Å². The first-order valence-electron chi connectivity index (χ1n) is 6.11. The summed E-state index contributed by atoms with van der Waals surface area (Å²) in [7, 11) is 0. The molecule has 0 unspecified atom stereocenters. The van der Waals surface area contributed by atoms with Gasteiger partial charge in [-0.25, -0.2) is 9.97 Å². The molecule has 0 atom stereocenters. The summed E-state index contributed by atoms with van der Waals surface area (Å²) >= 11 is 5.49. The molecule has 0 aliphatic carbocycles. The molecule has 21 heavy (non-hydrogen) atoms. The standard InChI is InChI=1S/C15H6IN3S2/c16-9-6-5-8(7-17)12-13(9)19-15-14(18-12)20-10-3-1-2-4-11(10)21-15/h1-6H. The average molecular weight is 419 g/mol. The molecule has 2 heterocycles. The van der Waals surface area contributed by atoms with E-state index in [-0.39, 0.29) is 0 Å². The van der Waals surface area contributed by atoms with Crippen LogP contribution in [0.1, 0.15) is 5.56 Å². The number of nitriles is 1. The third-order valence-electron chi connectivity index (χ3n) is 3.09. The van der Waals surface area contributed by atoms with E-state index in [2.05, 4.69) is 40.8 Å². The summed E-state index contributed by atoms with van der Waals surface area (Å²) in [4.78, 5) is 11.8. The van der Waals surface area contributed by atoms with Gasteiger partial charge in [0.1, 0.15) is 27.2 Å². The van der Waals surface area contributed by atoms with Crippen molar-refractivity contribution in [1.82, 2.24) is 9.97 Å². The largest absolute Gasteiger partial charge is 0.235 e. The van der Waals surface area contributed by atoms with E-state index < -0.39 is 0 Å². The molecule has 0 saturated heterocycles. The highest BCUT2D eigenvalue weighted by Crippen LogP contribution is 2.47. The van der Waals surface area contributed by atoms with Crippen LogP contribution in [0.5, 0.6) is 0 Å². The quantitative estimate of drug-likeness (QED) is 0.386. The molecule has 0 radical (unpaired) electrons. The monoisotopic (exact) mass is 419 g/mol. The molecule has 0 N–H and O–H groups in total. The summed E-state index contributed by atoms with van der Waals surface area (Å²) in [5.41, 5.74) is 2.07. The van der Waals surface area contributed by atoms with Gasteiger partial charge in [-0.15, -0.1) is 0 Å². The molecule has 4 rings (SSSR count). The Bertz CT molecular complexity index is 934. The third-order valence-corrected chi connectivity index (χ3v) is 6.33. The second-order valence-corrected chi connectivity index (χ2v) is 7.61. The van der Waals surface area contributed by atoms with Crippen LogP contribution < -0.4 is 0 Å². The van der Waals surface area contributed by atoms with E-state index in [9.17, 15) is 5.26 Å². The van der Waals surface area contributed by atoms with Crippen molar-refractivity contribution >= 4 is 57.1 Å². The number of hydrogen-bond donors (Lipinski definition) is 0. The highest BCUT2D eigenvalue weighted by molar-refractivity contribution is 14.1. The van der Waals surface area contributed by atoms with Crippen LogP contribution in [0.4, 0.5) is 0 Å². The lowest BCUT2D eigenvalue weighted by Gasteiger charge is -2.17. The normalized spacial score (nSPS) is 12.6. The molecular weight excluding hydrogens is 413 g/mol. The minimum Gasteiger partial charge on any atom is -0.235 e. The first-order chi connectivity index (χ1) is 10.3. The molecule has 3 aromatic rings. The van der Waals surface area contributed by atoms with Crippen molar-refractivity contribution < 1.29 is 0 Å². The summed E-state index contributed by atoms with van der Waals surface area (Å²) in [6, 6.07) is 14.2. The number of hydrogen-bond acceptors (Lipinski definition) is 5. The number of benzene rings is 2. The van der Waals surface area contributed by atoms with Gasteiger partial charge >= 0.3 is 0 Å². The van der Waals surface area contributed by atoms with Crippen molar-refractivity contribution in [2.75, 3.05) is 0 Å². The molecule has 0 saturated carbocycles. The van der Waals surface area contributed by atoms with E-state index in [0.29, 0.717) is 11.1 Å². The van der Waals surface area contributed by atoms with Crippen LogP contribution >= 0.6 is 46.1 Å².